The highest BCUT2D eigenvalue weighted by Gasteiger charge is 2.34. The average molecular weight is 753 g/mol. The molecule has 5 rings (SSSR count). The van der Waals surface area contributed by atoms with Gasteiger partial charge in [-0.25, -0.2) is 12.8 Å². The minimum atomic E-state index is -4.62. The Bertz CT molecular complexity index is 2070. The van der Waals surface area contributed by atoms with Crippen molar-refractivity contribution in [1.29, 1.82) is 0 Å². The van der Waals surface area contributed by atoms with Crippen molar-refractivity contribution in [2.45, 2.75) is 63.5 Å². The number of halogens is 1. The van der Waals surface area contributed by atoms with Gasteiger partial charge in [-0.3, -0.25) is 23.4 Å². The molecular weight excluding hydrogens is 712 g/mol. The molecule has 1 aliphatic heterocycles. The molecule has 4 aromatic carbocycles. The zero-order valence-electron chi connectivity index (χ0n) is 29.2. The van der Waals surface area contributed by atoms with E-state index < -0.39 is 53.7 Å². The highest BCUT2D eigenvalue weighted by molar-refractivity contribution is 7.93. The molecule has 1 fully saturated rings. The van der Waals surface area contributed by atoms with Gasteiger partial charge in [0.05, 0.1) is 23.8 Å². The van der Waals surface area contributed by atoms with Gasteiger partial charge in [0.15, 0.2) is 4.90 Å². The van der Waals surface area contributed by atoms with Gasteiger partial charge in [0.25, 0.3) is 15.7 Å². The van der Waals surface area contributed by atoms with Gasteiger partial charge in [-0.05, 0) is 110 Å². The summed E-state index contributed by atoms with van der Waals surface area (Å²) >= 11 is 0. The molecule has 0 saturated carbocycles. The van der Waals surface area contributed by atoms with Gasteiger partial charge in [0.2, 0.25) is 0 Å². The summed E-state index contributed by atoms with van der Waals surface area (Å²) in [6.07, 6.45) is 0.778. The number of carbonyl (C=O) groups is 1. The van der Waals surface area contributed by atoms with Crippen molar-refractivity contribution >= 4 is 38.2 Å². The minimum absolute atomic E-state index is 0.0371. The van der Waals surface area contributed by atoms with Crippen molar-refractivity contribution in [2.24, 2.45) is 0 Å². The summed E-state index contributed by atoms with van der Waals surface area (Å²) in [6.45, 7) is 5.48. The van der Waals surface area contributed by atoms with Crippen molar-refractivity contribution < 1.29 is 41.3 Å². The summed E-state index contributed by atoms with van der Waals surface area (Å²) in [5.41, 5.74) is 2.39. The molecule has 276 valence electrons. The van der Waals surface area contributed by atoms with Crippen molar-refractivity contribution in [3.63, 3.8) is 0 Å². The van der Waals surface area contributed by atoms with E-state index in [2.05, 4.69) is 0 Å². The Balaban J connectivity index is 1.47. The third-order valence-corrected chi connectivity index (χ3v) is 12.1. The quantitative estimate of drug-likeness (QED) is 0.0857. The molecule has 0 aromatic heterocycles. The highest BCUT2D eigenvalue weighted by Crippen LogP contribution is 2.35. The fraction of sp³-hybridized carbons (Fsp3) is 0.342. The van der Waals surface area contributed by atoms with E-state index in [0.717, 1.165) is 44.8 Å². The van der Waals surface area contributed by atoms with Crippen LogP contribution in [0.5, 0.6) is 5.75 Å². The van der Waals surface area contributed by atoms with Gasteiger partial charge in [-0.1, -0.05) is 36.4 Å². The number of rotatable bonds is 14. The number of carbonyl (C=O) groups excluding carboxylic acids is 1. The van der Waals surface area contributed by atoms with Crippen LogP contribution in [0.3, 0.4) is 0 Å². The first-order chi connectivity index (χ1) is 24.7. The minimum Gasteiger partial charge on any atom is -0.491 e. The van der Waals surface area contributed by atoms with Gasteiger partial charge in [0, 0.05) is 34.8 Å². The summed E-state index contributed by atoms with van der Waals surface area (Å²) < 4.78 is 67.6. The lowest BCUT2D eigenvalue weighted by molar-refractivity contribution is -0.387. The molecule has 0 spiro atoms. The molecule has 0 unspecified atom stereocenters. The molecule has 1 heterocycles. The number of anilines is 1. The lowest BCUT2D eigenvalue weighted by Gasteiger charge is -2.31. The molecule has 1 N–H and O–H groups in total. The molecule has 14 heteroatoms. The van der Waals surface area contributed by atoms with E-state index in [1.807, 2.05) is 38.1 Å². The molecule has 0 radical (unpaired) electrons. The first kappa shape index (κ1) is 38.6. The summed E-state index contributed by atoms with van der Waals surface area (Å²) in [6, 6.07) is 19.7. The van der Waals surface area contributed by atoms with Crippen LogP contribution in [0, 0.1) is 29.8 Å². The van der Waals surface area contributed by atoms with Crippen LogP contribution < -0.4 is 9.04 Å². The van der Waals surface area contributed by atoms with E-state index in [1.165, 1.54) is 24.3 Å². The first-order valence-electron chi connectivity index (χ1n) is 16.8. The second-order valence-electron chi connectivity index (χ2n) is 12.8. The number of para-hydroxylation sites is 1. The molecule has 1 saturated heterocycles. The second kappa shape index (κ2) is 16.3. The molecule has 11 nitrogen and oxygen atoms in total. The maximum atomic E-state index is 15.5. The van der Waals surface area contributed by atoms with Crippen LogP contribution in [-0.4, -0.2) is 58.9 Å². The standard InChI is InChI=1S/C38H41FN2O9S2/c1-4-49-36(42)15-13-29-12-14-31(23-33(29)39)40(52(47,48)35-11-6-5-10-34(35)41(44)45)24-28-8-7-9-30(22-28)37-26(2)20-32(21-27(37)3)50-25-38(43)16-18-51(46)19-17-38/h5-12,14,20-23,43H,4,13,15-19,24-25H2,1-3H3. The molecule has 4 aromatic rings. The van der Waals surface area contributed by atoms with Gasteiger partial charge in [0.1, 0.15) is 23.8 Å². The van der Waals surface area contributed by atoms with E-state index in [1.54, 1.807) is 19.1 Å². The Hall–Kier alpha value is -4.66. The first-order valence-corrected chi connectivity index (χ1v) is 19.7. The number of aliphatic hydroxyl groups is 1. The van der Waals surface area contributed by atoms with Crippen molar-refractivity contribution in [3.05, 3.63) is 117 Å². The maximum Gasteiger partial charge on any atom is 0.306 e. The Kier molecular flexibility index (Phi) is 12.1. The Morgan fingerprint density at radius 3 is 2.37 bits per heavy atom. The van der Waals surface area contributed by atoms with Crippen molar-refractivity contribution in [3.8, 4) is 16.9 Å². The fourth-order valence-corrected chi connectivity index (χ4v) is 9.30. The number of nitro groups is 1. The zero-order chi connectivity index (χ0) is 37.6. The molecule has 0 aliphatic carbocycles. The second-order valence-corrected chi connectivity index (χ2v) is 16.3. The number of aryl methyl sites for hydroxylation is 3. The normalized spacial score (nSPS) is 17.4. The van der Waals surface area contributed by atoms with Crippen molar-refractivity contribution in [2.75, 3.05) is 29.0 Å². The van der Waals surface area contributed by atoms with Gasteiger partial charge in [-0.2, -0.15) is 0 Å². The monoisotopic (exact) mass is 752 g/mol. The largest absolute Gasteiger partial charge is 0.491 e. The number of nitrogens with zero attached hydrogens (tertiary/aromatic N) is 2. The fourth-order valence-electron chi connectivity index (χ4n) is 6.27. The summed E-state index contributed by atoms with van der Waals surface area (Å²) in [4.78, 5) is 22.4. The van der Waals surface area contributed by atoms with Crippen LogP contribution in [-0.2, 0) is 43.3 Å². The van der Waals surface area contributed by atoms with Crippen LogP contribution in [0.4, 0.5) is 15.8 Å². The molecule has 0 atom stereocenters. The Labute approximate surface area is 305 Å². The summed E-state index contributed by atoms with van der Waals surface area (Å²) in [7, 11) is -5.53. The Morgan fingerprint density at radius 1 is 1.02 bits per heavy atom. The maximum absolute atomic E-state index is 15.5. The molecule has 52 heavy (non-hydrogen) atoms. The SMILES string of the molecule is CCOC(=O)CCc1ccc(N(Cc2cccc(-c3c(C)cc(OCC4(O)CCS(=O)CC4)cc3C)c2)S(=O)(=O)c2ccccc2[N+](=O)[O-])cc1F. The number of benzene rings is 4. The number of hydrogen-bond donors (Lipinski definition) is 1. The van der Waals surface area contributed by atoms with E-state index in [0.29, 0.717) is 35.7 Å². The van der Waals surface area contributed by atoms with E-state index in [9.17, 15) is 32.6 Å². The highest BCUT2D eigenvalue weighted by atomic mass is 32.2. The number of hydrogen-bond acceptors (Lipinski definition) is 9. The van der Waals surface area contributed by atoms with Crippen LogP contribution in [0.2, 0.25) is 0 Å². The third kappa shape index (κ3) is 9.03. The zero-order valence-corrected chi connectivity index (χ0v) is 30.8. The van der Waals surface area contributed by atoms with Crippen LogP contribution >= 0.6 is 0 Å². The number of sulfonamides is 1. The smallest absolute Gasteiger partial charge is 0.306 e. The van der Waals surface area contributed by atoms with Crippen LogP contribution in [0.15, 0.2) is 83.8 Å². The van der Waals surface area contributed by atoms with Crippen LogP contribution in [0.25, 0.3) is 11.1 Å². The lowest BCUT2D eigenvalue weighted by Crippen LogP contribution is -2.42. The topological polar surface area (TPSA) is 153 Å². The van der Waals surface area contributed by atoms with Gasteiger partial charge in [-0.15, -0.1) is 0 Å². The van der Waals surface area contributed by atoms with E-state index in [-0.39, 0.29) is 43.9 Å². The Morgan fingerprint density at radius 2 is 1.71 bits per heavy atom. The average Bonchev–Trinajstić information content (AvgIpc) is 3.10. The molecule has 0 amide bonds. The van der Waals surface area contributed by atoms with Gasteiger partial charge >= 0.3 is 5.97 Å². The molecular formula is C38H41FN2O9S2. The summed E-state index contributed by atoms with van der Waals surface area (Å²) in [5, 5.41) is 22.8. The van der Waals surface area contributed by atoms with Crippen molar-refractivity contribution in [1.82, 2.24) is 0 Å². The van der Waals surface area contributed by atoms with Gasteiger partial charge < -0.3 is 14.6 Å². The number of nitro benzene ring substituents is 1. The summed E-state index contributed by atoms with van der Waals surface area (Å²) in [5.74, 6) is 0.218. The van der Waals surface area contributed by atoms with Crippen LogP contribution in [0.1, 0.15) is 48.4 Å². The molecule has 1 aliphatic rings. The number of esters is 1. The lowest BCUT2D eigenvalue weighted by atomic mass is 9.94. The van der Waals surface area contributed by atoms with E-state index >= 15 is 4.39 Å². The number of ether oxygens (including phenoxy) is 2. The third-order valence-electron chi connectivity index (χ3n) is 9.00. The predicted molar refractivity (Wildman–Crippen MR) is 197 cm³/mol. The van der Waals surface area contributed by atoms with E-state index in [4.69, 9.17) is 9.47 Å². The predicted octanol–water partition coefficient (Wildman–Crippen LogP) is 6.56. The molecule has 0 bridgehead atoms.